The quantitative estimate of drug-likeness (QED) is 0.600. The standard InChI is InChI=1S/C19H20ClN7OS/c1-13(16(28)23-17-21-9-6-10-22-17)29-19-25-24-18(26-11-4-5-12-26)27(19)15-8-3-2-7-14(15)20/h2-3,6-10,13H,4-5,11-12H2,1H3,(H,21,22,23,28). The summed E-state index contributed by atoms with van der Waals surface area (Å²) in [6.45, 7) is 3.66. The number of carbonyl (C=O) groups is 1. The fourth-order valence-corrected chi connectivity index (χ4v) is 4.17. The molecule has 8 nitrogen and oxygen atoms in total. The van der Waals surface area contributed by atoms with Crippen LogP contribution >= 0.6 is 23.4 Å². The molecule has 150 valence electrons. The molecule has 1 unspecified atom stereocenters. The second kappa shape index (κ2) is 8.79. The van der Waals surface area contributed by atoms with Crippen LogP contribution in [0.1, 0.15) is 19.8 Å². The molecule has 0 saturated carbocycles. The molecule has 3 aromatic rings. The molecule has 1 atom stereocenters. The molecule has 29 heavy (non-hydrogen) atoms. The number of hydrogen-bond donors (Lipinski definition) is 1. The van der Waals surface area contributed by atoms with Gasteiger partial charge >= 0.3 is 0 Å². The van der Waals surface area contributed by atoms with Gasteiger partial charge < -0.3 is 4.90 Å². The summed E-state index contributed by atoms with van der Waals surface area (Å²) in [4.78, 5) is 22.8. The molecule has 1 N–H and O–H groups in total. The van der Waals surface area contributed by atoms with Crippen LogP contribution in [0.2, 0.25) is 5.02 Å². The number of carbonyl (C=O) groups excluding carboxylic acids is 1. The molecule has 1 saturated heterocycles. The number of rotatable bonds is 6. The van der Waals surface area contributed by atoms with E-state index in [1.165, 1.54) is 11.8 Å². The molecule has 2 aromatic heterocycles. The van der Waals surface area contributed by atoms with Gasteiger partial charge in [0.25, 0.3) is 0 Å². The van der Waals surface area contributed by atoms with Gasteiger partial charge in [-0.25, -0.2) is 9.97 Å². The first-order chi connectivity index (χ1) is 14.1. The molecular weight excluding hydrogens is 410 g/mol. The number of hydrogen-bond acceptors (Lipinski definition) is 7. The van der Waals surface area contributed by atoms with Gasteiger partial charge in [0.05, 0.1) is 16.0 Å². The van der Waals surface area contributed by atoms with E-state index in [9.17, 15) is 4.79 Å². The average molecular weight is 430 g/mol. The maximum Gasteiger partial charge on any atom is 0.240 e. The van der Waals surface area contributed by atoms with Gasteiger partial charge in [-0.1, -0.05) is 35.5 Å². The van der Waals surface area contributed by atoms with Gasteiger partial charge in [0.1, 0.15) is 0 Å². The van der Waals surface area contributed by atoms with Crippen LogP contribution in [0.4, 0.5) is 11.9 Å². The summed E-state index contributed by atoms with van der Waals surface area (Å²) in [5, 5.41) is 12.3. The number of para-hydroxylation sites is 1. The Labute approximate surface area is 177 Å². The highest BCUT2D eigenvalue weighted by molar-refractivity contribution is 8.00. The number of nitrogens with zero attached hydrogens (tertiary/aromatic N) is 6. The van der Waals surface area contributed by atoms with Crippen LogP contribution < -0.4 is 10.2 Å². The zero-order valence-corrected chi connectivity index (χ0v) is 17.4. The third kappa shape index (κ3) is 4.35. The smallest absolute Gasteiger partial charge is 0.240 e. The van der Waals surface area contributed by atoms with E-state index in [0.717, 1.165) is 37.6 Å². The lowest BCUT2D eigenvalue weighted by Gasteiger charge is -2.19. The molecule has 0 spiro atoms. The summed E-state index contributed by atoms with van der Waals surface area (Å²) in [7, 11) is 0. The molecule has 0 radical (unpaired) electrons. The molecule has 3 heterocycles. The average Bonchev–Trinajstić information content (AvgIpc) is 3.39. The zero-order chi connectivity index (χ0) is 20.2. The maximum absolute atomic E-state index is 12.6. The van der Waals surface area contributed by atoms with E-state index in [1.54, 1.807) is 18.5 Å². The predicted octanol–water partition coefficient (Wildman–Crippen LogP) is 3.43. The second-order valence-electron chi connectivity index (χ2n) is 6.59. The summed E-state index contributed by atoms with van der Waals surface area (Å²) >= 11 is 7.79. The van der Waals surface area contributed by atoms with Gasteiger partial charge in [-0.15, -0.1) is 10.2 Å². The molecule has 0 bridgehead atoms. The van der Waals surface area contributed by atoms with Crippen LogP contribution in [0.5, 0.6) is 0 Å². The topological polar surface area (TPSA) is 88.8 Å². The third-order valence-electron chi connectivity index (χ3n) is 4.55. The van der Waals surface area contributed by atoms with Crippen molar-refractivity contribution in [3.05, 3.63) is 47.7 Å². The lowest BCUT2D eigenvalue weighted by Crippen LogP contribution is -2.24. The number of aromatic nitrogens is 5. The highest BCUT2D eigenvalue weighted by Crippen LogP contribution is 2.33. The van der Waals surface area contributed by atoms with Crippen molar-refractivity contribution in [3.8, 4) is 5.69 Å². The first-order valence-electron chi connectivity index (χ1n) is 9.33. The minimum absolute atomic E-state index is 0.211. The largest absolute Gasteiger partial charge is 0.341 e. The van der Waals surface area contributed by atoms with E-state index in [4.69, 9.17) is 11.6 Å². The van der Waals surface area contributed by atoms with Gasteiger partial charge in [0, 0.05) is 25.5 Å². The van der Waals surface area contributed by atoms with Gasteiger partial charge in [-0.05, 0) is 38.0 Å². The Hall–Kier alpha value is -2.65. The van der Waals surface area contributed by atoms with Crippen molar-refractivity contribution in [2.45, 2.75) is 30.2 Å². The Balaban J connectivity index is 1.61. The highest BCUT2D eigenvalue weighted by atomic mass is 35.5. The summed E-state index contributed by atoms with van der Waals surface area (Å²) < 4.78 is 1.93. The van der Waals surface area contributed by atoms with Gasteiger partial charge in [-0.2, -0.15) is 0 Å². The Morgan fingerprint density at radius 1 is 1.14 bits per heavy atom. The van der Waals surface area contributed by atoms with E-state index in [2.05, 4.69) is 30.4 Å². The van der Waals surface area contributed by atoms with Crippen LogP contribution in [0.25, 0.3) is 5.69 Å². The van der Waals surface area contributed by atoms with E-state index in [0.29, 0.717) is 10.2 Å². The first-order valence-corrected chi connectivity index (χ1v) is 10.6. The van der Waals surface area contributed by atoms with E-state index >= 15 is 0 Å². The summed E-state index contributed by atoms with van der Waals surface area (Å²) in [5.41, 5.74) is 0.794. The minimum Gasteiger partial charge on any atom is -0.341 e. The Bertz CT molecular complexity index is 991. The normalized spacial score (nSPS) is 14.8. The fourth-order valence-electron chi connectivity index (χ4n) is 3.09. The van der Waals surface area contributed by atoms with Crippen LogP contribution in [-0.2, 0) is 4.79 Å². The third-order valence-corrected chi connectivity index (χ3v) is 5.91. The van der Waals surface area contributed by atoms with Crippen LogP contribution in [-0.4, -0.2) is 49.0 Å². The van der Waals surface area contributed by atoms with Gasteiger partial charge in [0.15, 0.2) is 5.16 Å². The number of nitrogens with one attached hydrogen (secondary N) is 1. The molecule has 10 heteroatoms. The Morgan fingerprint density at radius 2 is 1.86 bits per heavy atom. The zero-order valence-electron chi connectivity index (χ0n) is 15.8. The van der Waals surface area contributed by atoms with Crippen molar-refractivity contribution in [2.24, 2.45) is 0 Å². The number of halogens is 1. The highest BCUT2D eigenvalue weighted by Gasteiger charge is 2.26. The predicted molar refractivity (Wildman–Crippen MR) is 114 cm³/mol. The molecule has 0 aliphatic carbocycles. The molecule has 1 aliphatic heterocycles. The van der Waals surface area contributed by atoms with Crippen LogP contribution in [0.3, 0.4) is 0 Å². The molecule has 1 aliphatic rings. The number of benzene rings is 1. The van der Waals surface area contributed by atoms with Crippen molar-refractivity contribution in [2.75, 3.05) is 23.3 Å². The van der Waals surface area contributed by atoms with Gasteiger partial charge in [-0.3, -0.25) is 14.7 Å². The van der Waals surface area contributed by atoms with Crippen molar-refractivity contribution in [1.82, 2.24) is 24.7 Å². The van der Waals surface area contributed by atoms with Crippen molar-refractivity contribution in [1.29, 1.82) is 0 Å². The first kappa shape index (κ1) is 19.7. The summed E-state index contributed by atoms with van der Waals surface area (Å²) in [6, 6.07) is 9.26. The van der Waals surface area contributed by atoms with Crippen molar-refractivity contribution >= 4 is 41.2 Å². The molecule has 1 fully saturated rings. The Kier molecular flexibility index (Phi) is 5.96. The Morgan fingerprint density at radius 3 is 2.59 bits per heavy atom. The van der Waals surface area contributed by atoms with Gasteiger partial charge in [0.2, 0.25) is 17.8 Å². The monoisotopic (exact) mass is 429 g/mol. The number of amides is 1. The number of thioether (sulfide) groups is 1. The second-order valence-corrected chi connectivity index (χ2v) is 8.30. The van der Waals surface area contributed by atoms with E-state index < -0.39 is 5.25 Å². The minimum atomic E-state index is -0.435. The molecule has 1 amide bonds. The molecular formula is C19H20ClN7OS. The fraction of sp³-hybridized carbons (Fsp3) is 0.316. The lowest BCUT2D eigenvalue weighted by atomic mass is 10.3. The van der Waals surface area contributed by atoms with Crippen molar-refractivity contribution < 1.29 is 4.79 Å². The number of anilines is 2. The lowest BCUT2D eigenvalue weighted by molar-refractivity contribution is -0.115. The summed E-state index contributed by atoms with van der Waals surface area (Å²) in [5.74, 6) is 0.810. The van der Waals surface area contributed by atoms with E-state index in [-0.39, 0.29) is 11.9 Å². The van der Waals surface area contributed by atoms with Crippen molar-refractivity contribution in [3.63, 3.8) is 0 Å². The molecule has 4 rings (SSSR count). The van der Waals surface area contributed by atoms with Crippen LogP contribution in [0.15, 0.2) is 47.9 Å². The SMILES string of the molecule is CC(Sc1nnc(N2CCCC2)n1-c1ccccc1Cl)C(=O)Nc1ncccn1. The maximum atomic E-state index is 12.6. The summed E-state index contributed by atoms with van der Waals surface area (Å²) in [6.07, 6.45) is 5.40. The van der Waals surface area contributed by atoms with E-state index in [1.807, 2.05) is 35.8 Å². The van der Waals surface area contributed by atoms with Crippen LogP contribution in [0, 0.1) is 0 Å². The molecule has 1 aromatic carbocycles.